The van der Waals surface area contributed by atoms with E-state index in [1.165, 1.54) is 6.42 Å². The Morgan fingerprint density at radius 3 is 2.95 bits per heavy atom. The Morgan fingerprint density at radius 1 is 1.47 bits per heavy atom. The van der Waals surface area contributed by atoms with Crippen molar-refractivity contribution >= 4 is 24.0 Å². The molecule has 1 fully saturated rings. The van der Waals surface area contributed by atoms with Crippen LogP contribution in [0.25, 0.3) is 0 Å². The number of methoxy groups -OCH3 is 1. The van der Waals surface area contributed by atoms with Gasteiger partial charge in [-0.05, 0) is 44.0 Å². The monoisotopic (exact) mass is 284 g/mol. The number of hydrogen-bond acceptors (Lipinski definition) is 3. The van der Waals surface area contributed by atoms with Gasteiger partial charge in [-0.15, -0.1) is 12.4 Å². The van der Waals surface area contributed by atoms with Crippen molar-refractivity contribution in [1.82, 2.24) is 5.32 Å². The van der Waals surface area contributed by atoms with E-state index < -0.39 is 0 Å². The molecule has 1 unspecified atom stereocenters. The number of ether oxygens (including phenoxy) is 1. The molecule has 0 spiro atoms. The van der Waals surface area contributed by atoms with E-state index in [1.54, 1.807) is 7.11 Å². The Kier molecular flexibility index (Phi) is 6.67. The van der Waals surface area contributed by atoms with Crippen molar-refractivity contribution in [2.75, 3.05) is 25.5 Å². The van der Waals surface area contributed by atoms with Gasteiger partial charge in [0.2, 0.25) is 5.91 Å². The average molecular weight is 285 g/mol. The summed E-state index contributed by atoms with van der Waals surface area (Å²) in [4.78, 5) is 11.9. The smallest absolute Gasteiger partial charge is 0.224 e. The topological polar surface area (TPSA) is 50.4 Å². The first-order valence-electron chi connectivity index (χ1n) is 6.43. The zero-order chi connectivity index (χ0) is 12.8. The summed E-state index contributed by atoms with van der Waals surface area (Å²) in [5.74, 6) is 1.41. The first-order chi connectivity index (χ1) is 8.79. The maximum absolute atomic E-state index is 11.9. The van der Waals surface area contributed by atoms with Crippen molar-refractivity contribution in [3.05, 3.63) is 24.3 Å². The summed E-state index contributed by atoms with van der Waals surface area (Å²) in [5.41, 5.74) is 0.745. The lowest BCUT2D eigenvalue weighted by molar-refractivity contribution is -0.116. The molecule has 2 N–H and O–H groups in total. The molecule has 19 heavy (non-hydrogen) atoms. The molecule has 0 saturated carbocycles. The fourth-order valence-electron chi connectivity index (χ4n) is 2.26. The fourth-order valence-corrected chi connectivity index (χ4v) is 2.26. The van der Waals surface area contributed by atoms with Crippen LogP contribution in [0.15, 0.2) is 24.3 Å². The largest absolute Gasteiger partial charge is 0.495 e. The van der Waals surface area contributed by atoms with Gasteiger partial charge in [-0.3, -0.25) is 4.79 Å². The highest BCUT2D eigenvalue weighted by atomic mass is 35.5. The maximum Gasteiger partial charge on any atom is 0.224 e. The molecule has 1 aliphatic rings. The zero-order valence-corrected chi connectivity index (χ0v) is 12.0. The van der Waals surface area contributed by atoms with Crippen LogP contribution in [-0.4, -0.2) is 26.1 Å². The van der Waals surface area contributed by atoms with E-state index >= 15 is 0 Å². The van der Waals surface area contributed by atoms with Crippen LogP contribution in [0.5, 0.6) is 5.75 Å². The zero-order valence-electron chi connectivity index (χ0n) is 11.1. The van der Waals surface area contributed by atoms with Crippen LogP contribution >= 0.6 is 12.4 Å². The van der Waals surface area contributed by atoms with Gasteiger partial charge in [0.1, 0.15) is 5.75 Å². The van der Waals surface area contributed by atoms with Crippen LogP contribution in [0.4, 0.5) is 5.69 Å². The molecule has 1 aliphatic heterocycles. The van der Waals surface area contributed by atoms with Crippen molar-refractivity contribution in [2.45, 2.75) is 19.3 Å². The van der Waals surface area contributed by atoms with E-state index in [9.17, 15) is 4.79 Å². The Morgan fingerprint density at radius 2 is 2.26 bits per heavy atom. The minimum atomic E-state index is 0. The minimum Gasteiger partial charge on any atom is -0.495 e. The molecule has 1 heterocycles. The number of nitrogens with one attached hydrogen (secondary N) is 2. The highest BCUT2D eigenvalue weighted by molar-refractivity contribution is 5.92. The summed E-state index contributed by atoms with van der Waals surface area (Å²) in [6.45, 7) is 2.13. The van der Waals surface area contributed by atoms with Gasteiger partial charge < -0.3 is 15.4 Å². The summed E-state index contributed by atoms with van der Waals surface area (Å²) in [6.07, 6.45) is 2.71. The molecule has 4 nitrogen and oxygen atoms in total. The van der Waals surface area contributed by atoms with Crippen LogP contribution in [0, 0.1) is 5.92 Å². The summed E-state index contributed by atoms with van der Waals surface area (Å²) >= 11 is 0. The lowest BCUT2D eigenvalue weighted by Gasteiger charge is -2.11. The second kappa shape index (κ2) is 8.02. The number of halogens is 1. The van der Waals surface area contributed by atoms with E-state index in [0.717, 1.165) is 25.2 Å². The number of hydrogen-bond donors (Lipinski definition) is 2. The SMILES string of the molecule is COc1ccccc1NC(=O)CCC1CCNC1.Cl. The maximum atomic E-state index is 11.9. The van der Waals surface area contributed by atoms with Crippen LogP contribution < -0.4 is 15.4 Å². The van der Waals surface area contributed by atoms with E-state index in [0.29, 0.717) is 18.1 Å². The van der Waals surface area contributed by atoms with Gasteiger partial charge in [0.15, 0.2) is 0 Å². The minimum absolute atomic E-state index is 0. The number of carbonyl (C=O) groups excluding carboxylic acids is 1. The third-order valence-corrected chi connectivity index (χ3v) is 3.32. The van der Waals surface area contributed by atoms with Crippen molar-refractivity contribution < 1.29 is 9.53 Å². The lowest BCUT2D eigenvalue weighted by atomic mass is 10.0. The van der Waals surface area contributed by atoms with Gasteiger partial charge in [0, 0.05) is 6.42 Å². The van der Waals surface area contributed by atoms with Gasteiger partial charge in [-0.1, -0.05) is 12.1 Å². The normalized spacial score (nSPS) is 17.6. The van der Waals surface area contributed by atoms with Crippen molar-refractivity contribution in [3.8, 4) is 5.75 Å². The van der Waals surface area contributed by atoms with Crippen molar-refractivity contribution in [2.24, 2.45) is 5.92 Å². The molecule has 5 heteroatoms. The molecule has 1 saturated heterocycles. The first kappa shape index (κ1) is 15.8. The Bertz CT molecular complexity index is 406. The molecule has 1 atom stereocenters. The van der Waals surface area contributed by atoms with Gasteiger partial charge >= 0.3 is 0 Å². The van der Waals surface area contributed by atoms with E-state index in [2.05, 4.69) is 10.6 Å². The average Bonchev–Trinajstić information content (AvgIpc) is 2.90. The lowest BCUT2D eigenvalue weighted by Crippen LogP contribution is -2.15. The highest BCUT2D eigenvalue weighted by Crippen LogP contribution is 2.23. The van der Waals surface area contributed by atoms with Gasteiger partial charge in [-0.2, -0.15) is 0 Å². The van der Waals surface area contributed by atoms with Crippen LogP contribution in [0.2, 0.25) is 0 Å². The molecular weight excluding hydrogens is 264 g/mol. The van der Waals surface area contributed by atoms with E-state index in [4.69, 9.17) is 4.74 Å². The van der Waals surface area contributed by atoms with Crippen LogP contribution in [0.1, 0.15) is 19.3 Å². The highest BCUT2D eigenvalue weighted by Gasteiger charge is 2.16. The molecule has 0 bridgehead atoms. The summed E-state index contributed by atoms with van der Waals surface area (Å²) < 4.78 is 5.20. The predicted octanol–water partition coefficient (Wildman–Crippen LogP) is 2.45. The molecule has 1 aromatic carbocycles. The van der Waals surface area contributed by atoms with Gasteiger partial charge in [-0.25, -0.2) is 0 Å². The number of amides is 1. The Hall–Kier alpha value is -1.26. The number of rotatable bonds is 5. The second-order valence-corrected chi connectivity index (χ2v) is 4.65. The van der Waals surface area contributed by atoms with E-state index in [1.807, 2.05) is 24.3 Å². The molecular formula is C14H21ClN2O2. The van der Waals surface area contributed by atoms with Gasteiger partial charge in [0.25, 0.3) is 0 Å². The predicted molar refractivity (Wildman–Crippen MR) is 79.1 cm³/mol. The summed E-state index contributed by atoms with van der Waals surface area (Å²) in [5, 5.41) is 6.21. The number of benzene rings is 1. The van der Waals surface area contributed by atoms with Gasteiger partial charge in [0.05, 0.1) is 12.8 Å². The van der Waals surface area contributed by atoms with E-state index in [-0.39, 0.29) is 18.3 Å². The molecule has 106 valence electrons. The third-order valence-electron chi connectivity index (χ3n) is 3.32. The molecule has 1 aromatic rings. The Balaban J connectivity index is 0.00000180. The fraction of sp³-hybridized carbons (Fsp3) is 0.500. The van der Waals surface area contributed by atoms with Crippen LogP contribution in [0.3, 0.4) is 0 Å². The number of para-hydroxylation sites is 2. The molecule has 0 aliphatic carbocycles. The number of carbonyl (C=O) groups is 1. The first-order valence-corrected chi connectivity index (χ1v) is 6.43. The second-order valence-electron chi connectivity index (χ2n) is 4.65. The quantitative estimate of drug-likeness (QED) is 0.873. The third kappa shape index (κ3) is 4.73. The van der Waals surface area contributed by atoms with Crippen molar-refractivity contribution in [3.63, 3.8) is 0 Å². The van der Waals surface area contributed by atoms with Crippen LogP contribution in [-0.2, 0) is 4.79 Å². The van der Waals surface area contributed by atoms with Crippen molar-refractivity contribution in [1.29, 1.82) is 0 Å². The molecule has 0 radical (unpaired) electrons. The Labute approximate surface area is 120 Å². The summed E-state index contributed by atoms with van der Waals surface area (Å²) in [6, 6.07) is 7.47. The number of anilines is 1. The molecule has 1 amide bonds. The standard InChI is InChI=1S/C14H20N2O2.ClH/c1-18-13-5-3-2-4-12(13)16-14(17)7-6-11-8-9-15-10-11;/h2-5,11,15H,6-10H2,1H3,(H,16,17);1H. The molecule has 2 rings (SSSR count). The molecule has 0 aromatic heterocycles. The summed E-state index contributed by atoms with van der Waals surface area (Å²) in [7, 11) is 1.61.